The summed E-state index contributed by atoms with van der Waals surface area (Å²) in [6.07, 6.45) is 7.90. The van der Waals surface area contributed by atoms with E-state index in [1.165, 1.54) is 28.8 Å². The highest BCUT2D eigenvalue weighted by molar-refractivity contribution is 7.91. The third-order valence-electron chi connectivity index (χ3n) is 15.9. The van der Waals surface area contributed by atoms with Crippen LogP contribution in [0.15, 0.2) is 87.1 Å². The molecule has 0 bridgehead atoms. The smallest absolute Gasteiger partial charge is 0.312 e. The number of piperidine rings is 1. The summed E-state index contributed by atoms with van der Waals surface area (Å²) in [7, 11) is -2.80. The van der Waals surface area contributed by atoms with Crippen molar-refractivity contribution in [3.05, 3.63) is 111 Å². The Bertz CT molecular complexity index is 2840. The van der Waals surface area contributed by atoms with Crippen LogP contribution in [-0.2, 0) is 16.4 Å². The average Bonchev–Trinajstić information content (AvgIpc) is 3.72. The molecule has 2 saturated carbocycles. The topological polar surface area (TPSA) is 198 Å². The van der Waals surface area contributed by atoms with Crippen molar-refractivity contribution in [2.24, 2.45) is 17.1 Å². The van der Waals surface area contributed by atoms with Crippen LogP contribution in [0.25, 0.3) is 11.0 Å². The van der Waals surface area contributed by atoms with Gasteiger partial charge in [-0.1, -0.05) is 44.2 Å². The molecule has 4 aliphatic rings. The average molecular weight is 962 g/mol. The van der Waals surface area contributed by atoms with Crippen molar-refractivity contribution in [2.75, 3.05) is 50.1 Å². The summed E-state index contributed by atoms with van der Waals surface area (Å²) < 4.78 is 40.4. The van der Waals surface area contributed by atoms with Crippen molar-refractivity contribution < 1.29 is 32.4 Å². The van der Waals surface area contributed by atoms with E-state index in [0.29, 0.717) is 56.2 Å². The number of benzene rings is 3. The quantitative estimate of drug-likeness (QED) is 0.0704. The predicted octanol–water partition coefficient (Wildman–Crippen LogP) is 9.16. The minimum absolute atomic E-state index is 0.0375. The molecule has 16 heteroatoms. The molecule has 2 atom stereocenters. The molecule has 1 amide bonds. The van der Waals surface area contributed by atoms with Gasteiger partial charge in [-0.05, 0) is 136 Å². The van der Waals surface area contributed by atoms with Gasteiger partial charge in [0, 0.05) is 80.7 Å². The van der Waals surface area contributed by atoms with E-state index in [-0.39, 0.29) is 33.7 Å². The number of rotatable bonds is 14. The Morgan fingerprint density at radius 2 is 1.77 bits per heavy atom. The number of hydrogen-bond donors (Lipinski definition) is 3. The normalized spacial score (nSPS) is 23.6. The first-order valence-electron chi connectivity index (χ1n) is 24.5. The number of nitro groups is 1. The number of aromatic nitrogens is 1. The van der Waals surface area contributed by atoms with Gasteiger partial charge in [0.15, 0.2) is 11.3 Å². The maximum absolute atomic E-state index is 14.3. The van der Waals surface area contributed by atoms with Crippen LogP contribution >= 0.6 is 0 Å². The van der Waals surface area contributed by atoms with Crippen LogP contribution in [0.2, 0.25) is 0 Å². The van der Waals surface area contributed by atoms with Gasteiger partial charge in [0.05, 0.1) is 33.0 Å². The number of piperazine rings is 1. The first-order valence-corrected chi connectivity index (χ1v) is 26.0. The Morgan fingerprint density at radius 1 is 1.04 bits per heavy atom. The zero-order chi connectivity index (χ0) is 49.0. The van der Waals surface area contributed by atoms with Crippen LogP contribution in [0.3, 0.4) is 0 Å². The highest BCUT2D eigenvalue weighted by Gasteiger charge is 2.51. The fourth-order valence-corrected chi connectivity index (χ4v) is 13.2. The zero-order valence-corrected chi connectivity index (χ0v) is 41.6. The number of nitrogens with one attached hydrogen (secondary N) is 1. The monoisotopic (exact) mass is 961 g/mol. The Balaban J connectivity index is 0.899. The van der Waals surface area contributed by atoms with Crippen molar-refractivity contribution in [3.63, 3.8) is 0 Å². The summed E-state index contributed by atoms with van der Waals surface area (Å²) in [4.78, 5) is 35.4. The van der Waals surface area contributed by atoms with E-state index in [4.69, 9.17) is 14.9 Å². The SMILES string of the molecule is COc1ccc(CN2C[C@@H](c3ccccc3C(C)C)N(C3CC4(CCN(c5ccc(C(N)=O)c(S(=O)(=O)c6cnc(NCC7CCC(C)(O)CC7)c([N+](=O)[O-])c6)c5)CC4)C3)C[C@H]2C)c2cc(C)oc12. The number of aryl methyl sites for hydroxylation is 1. The van der Waals surface area contributed by atoms with E-state index < -0.39 is 36.9 Å². The Morgan fingerprint density at radius 3 is 2.45 bits per heavy atom. The maximum atomic E-state index is 14.3. The number of carbonyl (C=O) groups is 1. The maximum Gasteiger partial charge on any atom is 0.312 e. The molecule has 0 radical (unpaired) electrons. The number of sulfone groups is 1. The molecule has 4 heterocycles. The highest BCUT2D eigenvalue weighted by Crippen LogP contribution is 2.54. The molecule has 3 aromatic carbocycles. The van der Waals surface area contributed by atoms with Gasteiger partial charge in [0.25, 0.3) is 0 Å². The van der Waals surface area contributed by atoms with Gasteiger partial charge in [-0.3, -0.25) is 24.7 Å². The largest absolute Gasteiger partial charge is 0.493 e. The number of pyridine rings is 1. The number of amides is 1. The van der Waals surface area contributed by atoms with Gasteiger partial charge in [0.2, 0.25) is 21.6 Å². The van der Waals surface area contributed by atoms with E-state index in [0.717, 1.165) is 92.9 Å². The third kappa shape index (κ3) is 9.69. The molecule has 5 aromatic rings. The number of primary amides is 1. The second-order valence-corrected chi connectivity index (χ2v) is 22.9. The minimum Gasteiger partial charge on any atom is -0.493 e. The van der Waals surface area contributed by atoms with Crippen molar-refractivity contribution in [1.29, 1.82) is 0 Å². The number of methoxy groups -OCH3 is 1. The second-order valence-electron chi connectivity index (χ2n) is 21.0. The molecule has 1 spiro atoms. The van der Waals surface area contributed by atoms with Gasteiger partial charge in [-0.25, -0.2) is 13.4 Å². The van der Waals surface area contributed by atoms with Gasteiger partial charge in [-0.2, -0.15) is 0 Å². The summed E-state index contributed by atoms with van der Waals surface area (Å²) in [5, 5.41) is 26.7. The van der Waals surface area contributed by atoms with E-state index in [1.807, 2.05) is 19.9 Å². The Kier molecular flexibility index (Phi) is 13.3. The molecule has 4 N–H and O–H groups in total. The molecular formula is C53H67N7O8S. The lowest BCUT2D eigenvalue weighted by Crippen LogP contribution is -2.61. The number of fused-ring (bicyclic) bond motifs is 1. The molecule has 15 nitrogen and oxygen atoms in total. The van der Waals surface area contributed by atoms with E-state index in [1.54, 1.807) is 13.2 Å². The van der Waals surface area contributed by atoms with Crippen LogP contribution in [0.1, 0.15) is 124 Å². The third-order valence-corrected chi connectivity index (χ3v) is 17.7. The second kappa shape index (κ2) is 19.0. The van der Waals surface area contributed by atoms with Crippen molar-refractivity contribution in [1.82, 2.24) is 14.8 Å². The van der Waals surface area contributed by atoms with Crippen LogP contribution < -0.4 is 20.7 Å². The summed E-state index contributed by atoms with van der Waals surface area (Å²) in [6, 6.07) is 21.9. The first kappa shape index (κ1) is 48.5. The summed E-state index contributed by atoms with van der Waals surface area (Å²) in [5.74, 6) is 1.21. The van der Waals surface area contributed by atoms with Crippen molar-refractivity contribution in [3.8, 4) is 5.75 Å². The number of nitrogens with zero attached hydrogens (tertiary/aromatic N) is 5. The highest BCUT2D eigenvalue weighted by atomic mass is 32.2. The minimum atomic E-state index is -4.48. The van der Waals surface area contributed by atoms with Crippen LogP contribution in [0.4, 0.5) is 17.2 Å². The fourth-order valence-electron chi connectivity index (χ4n) is 11.8. The van der Waals surface area contributed by atoms with E-state index >= 15 is 0 Å². The predicted molar refractivity (Wildman–Crippen MR) is 267 cm³/mol. The number of ether oxygens (including phenoxy) is 1. The number of furan rings is 1. The number of nitrogens with two attached hydrogens (primary N) is 1. The molecule has 69 heavy (non-hydrogen) atoms. The van der Waals surface area contributed by atoms with Gasteiger partial charge >= 0.3 is 5.69 Å². The molecular weight excluding hydrogens is 895 g/mol. The van der Waals surface area contributed by atoms with Crippen LogP contribution in [-0.4, -0.2) is 96.7 Å². The Labute approximate surface area is 405 Å². The van der Waals surface area contributed by atoms with Crippen LogP contribution in [0.5, 0.6) is 5.75 Å². The van der Waals surface area contributed by atoms with E-state index in [2.05, 4.69) is 82.2 Å². The number of aliphatic hydroxyl groups is 1. The molecule has 9 rings (SSSR count). The lowest BCUT2D eigenvalue weighted by Gasteiger charge is -2.59. The zero-order valence-electron chi connectivity index (χ0n) is 40.7. The van der Waals surface area contributed by atoms with Crippen molar-refractivity contribution in [2.45, 2.75) is 132 Å². The molecule has 2 aliphatic heterocycles. The molecule has 2 aliphatic carbocycles. The Hall–Kier alpha value is -5.55. The van der Waals surface area contributed by atoms with Gasteiger partial charge < -0.3 is 30.2 Å². The number of anilines is 2. The van der Waals surface area contributed by atoms with E-state index in [9.17, 15) is 28.4 Å². The van der Waals surface area contributed by atoms with Crippen LogP contribution in [0, 0.1) is 28.4 Å². The summed E-state index contributed by atoms with van der Waals surface area (Å²) in [5.41, 5.74) is 9.98. The van der Waals surface area contributed by atoms with Crippen molar-refractivity contribution >= 4 is 43.9 Å². The molecule has 2 saturated heterocycles. The first-order chi connectivity index (χ1) is 32.8. The lowest BCUT2D eigenvalue weighted by molar-refractivity contribution is -0.384. The number of carbonyl (C=O) groups excluding carboxylic acids is 1. The van der Waals surface area contributed by atoms with Gasteiger partial charge in [-0.15, -0.1) is 0 Å². The molecule has 368 valence electrons. The lowest BCUT2D eigenvalue weighted by atomic mass is 9.59. The molecule has 0 unspecified atom stereocenters. The molecule has 4 fully saturated rings. The van der Waals surface area contributed by atoms with Gasteiger partial charge in [0.1, 0.15) is 5.76 Å². The molecule has 2 aromatic heterocycles. The fraction of sp³-hybridized carbons (Fsp3) is 0.509. The standard InChI is InChI=1S/C53H67N7O8S/c1-33(2)41-9-7-8-10-42(41)46-32-58(31-37-11-14-47(67-6)49-44(37)23-35(4)68-49)34(3)30-59(46)39-26-53(27-39)19-21-57(22-20-53)38-12-13-43(50(54)61)48(24-38)69(65,66)40-25-45(60(63)64)51(56-29-40)55-28-36-15-17-52(5,62)18-16-36/h7-14,23-25,29,33-34,36,39,46,62H,15-22,26-28,30-32H2,1-6H3,(H2,54,61)(H,55,56)/t34-,36?,46+,52?/m1/s1. The summed E-state index contributed by atoms with van der Waals surface area (Å²) in [6.45, 7) is 15.2. The number of hydrogen-bond acceptors (Lipinski definition) is 13. The summed E-state index contributed by atoms with van der Waals surface area (Å²) >= 11 is 0.